The quantitative estimate of drug-likeness (QED) is 0.762. The number of nitrogens with one attached hydrogen (secondary N) is 2. The molecule has 2 aromatic rings. The Kier molecular flexibility index (Phi) is 5.96. The molecule has 2 rings (SSSR count). The van der Waals surface area contributed by atoms with E-state index in [1.54, 1.807) is 4.98 Å². The summed E-state index contributed by atoms with van der Waals surface area (Å²) < 4.78 is 65.7. The number of hydrogen-bond donors (Lipinski definition) is 2. The molecule has 26 heavy (non-hydrogen) atoms. The maximum Gasteiger partial charge on any atom is 0.431 e. The molecule has 2 N–H and O–H groups in total. The first-order chi connectivity index (χ1) is 12.2. The Morgan fingerprint density at radius 3 is 2.31 bits per heavy atom. The smallest absolute Gasteiger partial charge is 0.431 e. The lowest BCUT2D eigenvalue weighted by molar-refractivity contribution is -0.141. The van der Waals surface area contributed by atoms with Gasteiger partial charge in [-0.1, -0.05) is 12.1 Å². The summed E-state index contributed by atoms with van der Waals surface area (Å²) in [4.78, 5) is 25.1. The topological polar surface area (TPSA) is 71.2 Å². The van der Waals surface area contributed by atoms with Crippen LogP contribution in [-0.4, -0.2) is 24.0 Å². The van der Waals surface area contributed by atoms with Crippen molar-refractivity contribution in [2.75, 3.05) is 6.54 Å². The molecule has 1 aromatic carbocycles. The van der Waals surface area contributed by atoms with E-state index in [4.69, 9.17) is 0 Å². The van der Waals surface area contributed by atoms with Gasteiger partial charge in [0.2, 0.25) is 0 Å². The molecule has 1 amide bonds. The Hall–Kier alpha value is -2.91. The molecule has 0 saturated heterocycles. The third kappa shape index (κ3) is 5.30. The number of ether oxygens (including phenoxy) is 1. The lowest BCUT2D eigenvalue weighted by Gasteiger charge is -2.08. The Balaban J connectivity index is 1.92. The first-order valence-corrected chi connectivity index (χ1v) is 7.29. The van der Waals surface area contributed by atoms with Crippen LogP contribution in [0.25, 0.3) is 0 Å². The second-order valence-corrected chi connectivity index (χ2v) is 5.14. The molecule has 0 aliphatic heterocycles. The minimum atomic E-state index is -4.71. The molecular weight excluding hydrogens is 363 g/mol. The molecule has 0 radical (unpaired) electrons. The number of aromatic amines is 1. The fraction of sp³-hybridized carbons (Fsp3) is 0.250. The van der Waals surface area contributed by atoms with E-state index in [9.17, 15) is 31.5 Å². The number of amides is 1. The zero-order valence-electron chi connectivity index (χ0n) is 13.1. The van der Waals surface area contributed by atoms with Gasteiger partial charge in [0.25, 0.3) is 11.5 Å². The first-order valence-electron chi connectivity index (χ1n) is 7.29. The minimum absolute atomic E-state index is 0.0101. The van der Waals surface area contributed by atoms with Gasteiger partial charge in [-0.15, -0.1) is 0 Å². The lowest BCUT2D eigenvalue weighted by Crippen LogP contribution is -2.32. The summed E-state index contributed by atoms with van der Waals surface area (Å²) in [5, 5.41) is 2.40. The second kappa shape index (κ2) is 7.98. The van der Waals surface area contributed by atoms with Gasteiger partial charge >= 0.3 is 12.8 Å². The van der Waals surface area contributed by atoms with E-state index in [0.717, 1.165) is 6.07 Å². The van der Waals surface area contributed by atoms with Gasteiger partial charge in [-0.05, 0) is 36.2 Å². The number of hydrogen-bond acceptors (Lipinski definition) is 3. The third-order valence-electron chi connectivity index (χ3n) is 3.31. The average Bonchev–Trinajstić information content (AvgIpc) is 2.55. The highest BCUT2D eigenvalue weighted by molar-refractivity contribution is 5.93. The summed E-state index contributed by atoms with van der Waals surface area (Å²) in [6, 6.07) is 7.13. The molecule has 0 atom stereocenters. The van der Waals surface area contributed by atoms with Crippen LogP contribution in [0.2, 0.25) is 0 Å². The number of aromatic nitrogens is 1. The summed E-state index contributed by atoms with van der Waals surface area (Å²) in [5.41, 5.74) is -2.14. The maximum atomic E-state index is 12.5. The van der Waals surface area contributed by atoms with Crippen molar-refractivity contribution in [2.45, 2.75) is 19.2 Å². The van der Waals surface area contributed by atoms with Crippen LogP contribution in [-0.2, 0) is 12.6 Å². The fourth-order valence-corrected chi connectivity index (χ4v) is 2.07. The molecule has 0 spiro atoms. The first kappa shape index (κ1) is 19.4. The van der Waals surface area contributed by atoms with Gasteiger partial charge in [-0.3, -0.25) is 9.59 Å². The molecule has 0 fully saturated rings. The molecule has 1 heterocycles. The van der Waals surface area contributed by atoms with Crippen LogP contribution in [0.15, 0.2) is 41.2 Å². The molecular formula is C16H13F5N2O3. The predicted octanol–water partition coefficient (Wildman–Crippen LogP) is 2.97. The van der Waals surface area contributed by atoms with Crippen molar-refractivity contribution in [3.05, 3.63) is 63.6 Å². The maximum absolute atomic E-state index is 12.5. The molecule has 140 valence electrons. The summed E-state index contributed by atoms with van der Waals surface area (Å²) in [5.74, 6) is -0.832. The molecule has 0 bridgehead atoms. The zero-order valence-corrected chi connectivity index (χ0v) is 13.1. The molecule has 0 saturated carbocycles. The lowest BCUT2D eigenvalue weighted by atomic mass is 10.1. The molecule has 0 unspecified atom stereocenters. The second-order valence-electron chi connectivity index (χ2n) is 5.14. The highest BCUT2D eigenvalue weighted by Gasteiger charge is 2.32. The van der Waals surface area contributed by atoms with Gasteiger partial charge < -0.3 is 15.0 Å². The number of rotatable bonds is 6. The van der Waals surface area contributed by atoms with Crippen LogP contribution in [0.4, 0.5) is 22.0 Å². The summed E-state index contributed by atoms with van der Waals surface area (Å²) in [6.45, 7) is -2.84. The number of benzene rings is 1. The third-order valence-corrected chi connectivity index (χ3v) is 3.31. The summed E-state index contributed by atoms with van der Waals surface area (Å²) >= 11 is 0. The van der Waals surface area contributed by atoms with Crippen molar-refractivity contribution in [2.24, 2.45) is 0 Å². The van der Waals surface area contributed by atoms with Crippen molar-refractivity contribution in [1.82, 2.24) is 10.3 Å². The van der Waals surface area contributed by atoms with Crippen LogP contribution < -0.4 is 15.6 Å². The zero-order chi connectivity index (χ0) is 19.3. The normalized spacial score (nSPS) is 11.5. The largest absolute Gasteiger partial charge is 0.435 e. The highest BCUT2D eigenvalue weighted by atomic mass is 19.4. The summed E-state index contributed by atoms with van der Waals surface area (Å²) in [6.07, 6.45) is -4.40. The van der Waals surface area contributed by atoms with Gasteiger partial charge in [-0.2, -0.15) is 22.0 Å². The number of carbonyl (C=O) groups excluding carboxylic acids is 1. The number of pyridine rings is 1. The number of halogens is 5. The molecule has 1 aromatic heterocycles. The van der Waals surface area contributed by atoms with E-state index < -0.39 is 35.5 Å². The van der Waals surface area contributed by atoms with Gasteiger partial charge in [0, 0.05) is 6.54 Å². The number of carbonyl (C=O) groups is 1. The highest BCUT2D eigenvalue weighted by Crippen LogP contribution is 2.26. The standard InChI is InChI=1S/C16H13F5N2O3/c17-15(18)26-10-3-1-9(2-4-10)7-8-22-13(24)11-5-6-12(16(19,20)21)23-14(11)25/h1-6,15H,7-8H2,(H,22,24)(H,23,25). The average molecular weight is 376 g/mol. The Morgan fingerprint density at radius 1 is 1.12 bits per heavy atom. The molecule has 10 heteroatoms. The number of alkyl halides is 5. The van der Waals surface area contributed by atoms with Crippen LogP contribution >= 0.6 is 0 Å². The van der Waals surface area contributed by atoms with Gasteiger partial charge in [0.15, 0.2) is 0 Å². The Bertz CT molecular complexity index is 816. The van der Waals surface area contributed by atoms with Gasteiger partial charge in [0.05, 0.1) is 0 Å². The monoisotopic (exact) mass is 376 g/mol. The van der Waals surface area contributed by atoms with Crippen molar-refractivity contribution < 1.29 is 31.5 Å². The number of H-pyrrole nitrogens is 1. The van der Waals surface area contributed by atoms with E-state index in [2.05, 4.69) is 10.1 Å². The van der Waals surface area contributed by atoms with Crippen molar-refractivity contribution >= 4 is 5.91 Å². The van der Waals surface area contributed by atoms with E-state index in [-0.39, 0.29) is 12.3 Å². The van der Waals surface area contributed by atoms with Crippen LogP contribution in [0.5, 0.6) is 5.75 Å². The Labute approximate surface area is 143 Å². The molecule has 5 nitrogen and oxygen atoms in total. The van der Waals surface area contributed by atoms with Gasteiger partial charge in [0.1, 0.15) is 17.0 Å². The molecule has 0 aliphatic carbocycles. The minimum Gasteiger partial charge on any atom is -0.435 e. The molecule has 0 aliphatic rings. The summed E-state index contributed by atoms with van der Waals surface area (Å²) in [7, 11) is 0. The van der Waals surface area contributed by atoms with Crippen LogP contribution in [0.1, 0.15) is 21.6 Å². The predicted molar refractivity (Wildman–Crippen MR) is 81.2 cm³/mol. The van der Waals surface area contributed by atoms with Crippen molar-refractivity contribution in [1.29, 1.82) is 0 Å². The van der Waals surface area contributed by atoms with Crippen LogP contribution in [0.3, 0.4) is 0 Å². The van der Waals surface area contributed by atoms with E-state index in [1.807, 2.05) is 0 Å². The van der Waals surface area contributed by atoms with Crippen molar-refractivity contribution in [3.63, 3.8) is 0 Å². The van der Waals surface area contributed by atoms with E-state index in [1.165, 1.54) is 24.3 Å². The van der Waals surface area contributed by atoms with E-state index >= 15 is 0 Å². The fourth-order valence-electron chi connectivity index (χ4n) is 2.07. The SMILES string of the molecule is O=C(NCCc1ccc(OC(F)F)cc1)c1ccc(C(F)(F)F)[nH]c1=O. The van der Waals surface area contributed by atoms with Crippen LogP contribution in [0, 0.1) is 0 Å². The Morgan fingerprint density at radius 2 is 1.77 bits per heavy atom. The van der Waals surface area contributed by atoms with Gasteiger partial charge in [-0.25, -0.2) is 0 Å². The van der Waals surface area contributed by atoms with Crippen molar-refractivity contribution in [3.8, 4) is 5.75 Å². The van der Waals surface area contributed by atoms with E-state index in [0.29, 0.717) is 18.1 Å².